The van der Waals surface area contributed by atoms with Crippen LogP contribution in [-0.4, -0.2) is 20.8 Å². The first-order valence-electron chi connectivity index (χ1n) is 6.17. The zero-order valence-electron chi connectivity index (χ0n) is 10.9. The largest absolute Gasteiger partial charge is 0.378 e. The number of aliphatic hydroxyl groups is 1. The maximum Gasteiger partial charge on any atom is 0.258 e. The number of rotatable bonds is 4. The fourth-order valence-corrected chi connectivity index (χ4v) is 1.81. The Morgan fingerprint density at radius 1 is 1.26 bits per heavy atom. The molecule has 1 aromatic carbocycles. The van der Waals surface area contributed by atoms with Crippen LogP contribution in [0.3, 0.4) is 0 Å². The molecule has 0 bridgehead atoms. The number of aliphatic hydroxyl groups excluding tert-OH is 1. The molecule has 2 N–H and O–H groups in total. The first-order valence-corrected chi connectivity index (χ1v) is 6.17. The number of hydrogen-bond donors (Lipinski definition) is 2. The van der Waals surface area contributed by atoms with Crippen molar-refractivity contribution in [2.75, 3.05) is 5.32 Å². The van der Waals surface area contributed by atoms with Gasteiger partial charge in [-0.05, 0) is 19.4 Å². The van der Waals surface area contributed by atoms with E-state index in [1.807, 2.05) is 19.9 Å². The molecule has 5 nitrogen and oxygen atoms in total. The molecule has 0 spiro atoms. The average Bonchev–Trinajstić information content (AvgIpc) is 2.87. The third kappa shape index (κ3) is 3.00. The van der Waals surface area contributed by atoms with Crippen LogP contribution in [-0.2, 0) is 4.79 Å². The molecule has 2 rings (SSSR count). The molecular formula is C14H17N3O2. The van der Waals surface area contributed by atoms with E-state index >= 15 is 0 Å². The lowest BCUT2D eigenvalue weighted by Gasteiger charge is -2.14. The Balaban J connectivity index is 2.11. The predicted molar refractivity (Wildman–Crippen MR) is 72.6 cm³/mol. The molecule has 1 aromatic heterocycles. The van der Waals surface area contributed by atoms with Crippen LogP contribution in [0, 0.1) is 0 Å². The van der Waals surface area contributed by atoms with Gasteiger partial charge in [0.1, 0.15) is 5.82 Å². The maximum atomic E-state index is 12.0. The van der Waals surface area contributed by atoms with E-state index in [9.17, 15) is 9.90 Å². The zero-order chi connectivity index (χ0) is 13.8. The summed E-state index contributed by atoms with van der Waals surface area (Å²) in [4.78, 5) is 12.0. The molecule has 2 aromatic rings. The summed E-state index contributed by atoms with van der Waals surface area (Å²) in [5.41, 5.74) is 0.565. The maximum absolute atomic E-state index is 12.0. The molecular weight excluding hydrogens is 242 g/mol. The van der Waals surface area contributed by atoms with E-state index in [-0.39, 0.29) is 6.04 Å². The second-order valence-electron chi connectivity index (χ2n) is 4.56. The molecule has 0 fully saturated rings. The topological polar surface area (TPSA) is 67.2 Å². The Morgan fingerprint density at radius 2 is 1.95 bits per heavy atom. The smallest absolute Gasteiger partial charge is 0.258 e. The molecule has 1 unspecified atom stereocenters. The Hall–Kier alpha value is -2.14. The molecule has 19 heavy (non-hydrogen) atoms. The highest BCUT2D eigenvalue weighted by atomic mass is 16.3. The van der Waals surface area contributed by atoms with E-state index in [0.717, 1.165) is 0 Å². The number of carbonyl (C=O) groups is 1. The fraction of sp³-hybridized carbons (Fsp3) is 0.286. The monoisotopic (exact) mass is 259 g/mol. The van der Waals surface area contributed by atoms with Crippen LogP contribution >= 0.6 is 0 Å². The van der Waals surface area contributed by atoms with Crippen LogP contribution in [0.4, 0.5) is 5.82 Å². The summed E-state index contributed by atoms with van der Waals surface area (Å²) < 4.78 is 1.69. The zero-order valence-corrected chi connectivity index (χ0v) is 10.9. The lowest BCUT2D eigenvalue weighted by molar-refractivity contribution is -0.124. The van der Waals surface area contributed by atoms with Gasteiger partial charge in [-0.3, -0.25) is 4.79 Å². The van der Waals surface area contributed by atoms with Crippen molar-refractivity contribution in [2.24, 2.45) is 0 Å². The summed E-state index contributed by atoms with van der Waals surface area (Å²) in [5, 5.41) is 16.8. The van der Waals surface area contributed by atoms with Gasteiger partial charge in [0, 0.05) is 12.1 Å². The SMILES string of the molecule is CC(C)n1nccc1NC(=O)C(O)c1ccccc1. The summed E-state index contributed by atoms with van der Waals surface area (Å²) in [7, 11) is 0. The molecule has 0 aliphatic rings. The van der Waals surface area contributed by atoms with E-state index in [1.165, 1.54) is 0 Å². The van der Waals surface area contributed by atoms with Crippen molar-refractivity contribution in [3.63, 3.8) is 0 Å². The quantitative estimate of drug-likeness (QED) is 0.884. The minimum absolute atomic E-state index is 0.138. The molecule has 5 heteroatoms. The number of benzene rings is 1. The normalized spacial score (nSPS) is 12.4. The summed E-state index contributed by atoms with van der Waals surface area (Å²) in [6, 6.07) is 10.7. The lowest BCUT2D eigenvalue weighted by Crippen LogP contribution is -2.23. The molecule has 0 radical (unpaired) electrons. The molecule has 1 atom stereocenters. The Labute approximate surface area is 111 Å². The van der Waals surface area contributed by atoms with Gasteiger partial charge >= 0.3 is 0 Å². The van der Waals surface area contributed by atoms with Crippen molar-refractivity contribution in [3.8, 4) is 0 Å². The van der Waals surface area contributed by atoms with Gasteiger partial charge in [0.25, 0.3) is 5.91 Å². The highest BCUT2D eigenvalue weighted by Gasteiger charge is 2.18. The molecule has 100 valence electrons. The van der Waals surface area contributed by atoms with Crippen molar-refractivity contribution in [3.05, 3.63) is 48.2 Å². The van der Waals surface area contributed by atoms with E-state index in [2.05, 4.69) is 10.4 Å². The second kappa shape index (κ2) is 5.67. The Morgan fingerprint density at radius 3 is 2.58 bits per heavy atom. The van der Waals surface area contributed by atoms with Crippen LogP contribution in [0.2, 0.25) is 0 Å². The number of nitrogens with zero attached hydrogens (tertiary/aromatic N) is 2. The van der Waals surface area contributed by atoms with Crippen molar-refractivity contribution in [1.82, 2.24) is 9.78 Å². The fourth-order valence-electron chi connectivity index (χ4n) is 1.81. The van der Waals surface area contributed by atoms with Crippen LogP contribution < -0.4 is 5.32 Å². The number of anilines is 1. The van der Waals surface area contributed by atoms with Crippen LogP contribution in [0.1, 0.15) is 31.6 Å². The summed E-state index contributed by atoms with van der Waals surface area (Å²) in [6.45, 7) is 3.94. The van der Waals surface area contributed by atoms with Gasteiger partial charge in [0.15, 0.2) is 6.10 Å². The van der Waals surface area contributed by atoms with Crippen molar-refractivity contribution >= 4 is 11.7 Å². The number of aromatic nitrogens is 2. The summed E-state index contributed by atoms with van der Waals surface area (Å²) in [5.74, 6) is 0.114. The van der Waals surface area contributed by atoms with Crippen molar-refractivity contribution in [1.29, 1.82) is 0 Å². The van der Waals surface area contributed by atoms with Gasteiger partial charge in [-0.25, -0.2) is 4.68 Å². The van der Waals surface area contributed by atoms with Crippen LogP contribution in [0.15, 0.2) is 42.6 Å². The molecule has 0 aliphatic heterocycles. The number of carbonyl (C=O) groups excluding carboxylic acids is 1. The van der Waals surface area contributed by atoms with Gasteiger partial charge in [-0.2, -0.15) is 5.10 Å². The minimum Gasteiger partial charge on any atom is -0.378 e. The third-order valence-electron chi connectivity index (χ3n) is 2.77. The summed E-state index contributed by atoms with van der Waals surface area (Å²) >= 11 is 0. The molecule has 0 saturated carbocycles. The average molecular weight is 259 g/mol. The predicted octanol–water partition coefficient (Wildman–Crippen LogP) is 2.14. The lowest BCUT2D eigenvalue weighted by atomic mass is 10.1. The van der Waals surface area contributed by atoms with Gasteiger partial charge in [0.2, 0.25) is 0 Å². The first-order chi connectivity index (χ1) is 9.09. The minimum atomic E-state index is -1.18. The van der Waals surface area contributed by atoms with E-state index in [4.69, 9.17) is 0 Å². The van der Waals surface area contributed by atoms with E-state index < -0.39 is 12.0 Å². The van der Waals surface area contributed by atoms with Crippen molar-refractivity contribution < 1.29 is 9.90 Å². The second-order valence-corrected chi connectivity index (χ2v) is 4.56. The molecule has 1 heterocycles. The standard InChI is InChI=1S/C14H17N3O2/c1-10(2)17-12(8-9-15-17)16-14(19)13(18)11-6-4-3-5-7-11/h3-10,13,18H,1-2H3,(H,16,19). The van der Waals surface area contributed by atoms with Crippen molar-refractivity contribution in [2.45, 2.75) is 26.0 Å². The molecule has 0 saturated heterocycles. The number of amides is 1. The first kappa shape index (κ1) is 13.3. The number of nitrogens with one attached hydrogen (secondary N) is 1. The third-order valence-corrected chi connectivity index (χ3v) is 2.77. The van der Waals surface area contributed by atoms with Gasteiger partial charge in [-0.15, -0.1) is 0 Å². The van der Waals surface area contributed by atoms with E-state index in [1.54, 1.807) is 41.2 Å². The summed E-state index contributed by atoms with van der Waals surface area (Å²) in [6.07, 6.45) is 0.432. The van der Waals surface area contributed by atoms with Gasteiger partial charge in [0.05, 0.1) is 6.20 Å². The molecule has 0 aliphatic carbocycles. The van der Waals surface area contributed by atoms with Gasteiger partial charge in [-0.1, -0.05) is 30.3 Å². The van der Waals surface area contributed by atoms with Crippen LogP contribution in [0.25, 0.3) is 0 Å². The van der Waals surface area contributed by atoms with Crippen LogP contribution in [0.5, 0.6) is 0 Å². The highest BCUT2D eigenvalue weighted by Crippen LogP contribution is 2.17. The van der Waals surface area contributed by atoms with E-state index in [0.29, 0.717) is 11.4 Å². The Bertz CT molecular complexity index is 549. The number of hydrogen-bond acceptors (Lipinski definition) is 3. The molecule has 1 amide bonds. The van der Waals surface area contributed by atoms with Gasteiger partial charge < -0.3 is 10.4 Å². The highest BCUT2D eigenvalue weighted by molar-refractivity contribution is 5.93. The Kier molecular flexibility index (Phi) is 3.97.